The number of hydrogen-bond donors (Lipinski definition) is 1. The smallest absolute Gasteiger partial charge is 0.131 e. The van der Waals surface area contributed by atoms with Gasteiger partial charge in [-0.05, 0) is 40.5 Å². The second kappa shape index (κ2) is 2.84. The topological polar surface area (TPSA) is 29.1 Å². The van der Waals surface area contributed by atoms with Crippen molar-refractivity contribution in [1.82, 2.24) is 5.32 Å². The molecule has 1 saturated carbocycles. The van der Waals surface area contributed by atoms with Gasteiger partial charge in [0.05, 0.1) is 0 Å². The van der Waals surface area contributed by atoms with E-state index in [9.17, 15) is 4.79 Å². The lowest BCUT2D eigenvalue weighted by atomic mass is 10.0. The Kier molecular flexibility index (Phi) is 2.30. The largest absolute Gasteiger partial charge is 0.306 e. The average Bonchev–Trinajstić information content (AvgIpc) is 2.40. The standard InChI is InChI=1S/C10H19NO/c1-8(12)7-10(5-6-10)11-9(2,3)4/h11H,5-7H2,1-4H3. The molecular formula is C10H19NO. The number of carbonyl (C=O) groups is 1. The van der Waals surface area contributed by atoms with Crippen LogP contribution in [-0.2, 0) is 4.79 Å². The van der Waals surface area contributed by atoms with Gasteiger partial charge in [0, 0.05) is 17.5 Å². The van der Waals surface area contributed by atoms with Crippen molar-refractivity contribution in [2.24, 2.45) is 0 Å². The van der Waals surface area contributed by atoms with E-state index in [0.29, 0.717) is 12.2 Å². The summed E-state index contributed by atoms with van der Waals surface area (Å²) < 4.78 is 0. The molecule has 0 unspecified atom stereocenters. The zero-order valence-electron chi connectivity index (χ0n) is 8.53. The molecule has 0 spiro atoms. The summed E-state index contributed by atoms with van der Waals surface area (Å²) in [6.45, 7) is 8.11. The SMILES string of the molecule is CC(=O)CC1(NC(C)(C)C)CC1. The summed E-state index contributed by atoms with van der Waals surface area (Å²) in [5.41, 5.74) is 0.288. The molecule has 12 heavy (non-hydrogen) atoms. The van der Waals surface area contributed by atoms with Crippen LogP contribution in [0.4, 0.5) is 0 Å². The Hall–Kier alpha value is -0.370. The number of Topliss-reactive ketones (excluding diaryl/α,β-unsaturated/α-hetero) is 1. The van der Waals surface area contributed by atoms with E-state index in [0.717, 1.165) is 12.8 Å². The zero-order chi connectivity index (χ0) is 9.41. The van der Waals surface area contributed by atoms with Crippen molar-refractivity contribution in [3.8, 4) is 0 Å². The third-order valence-electron chi connectivity index (χ3n) is 2.08. The van der Waals surface area contributed by atoms with E-state index < -0.39 is 0 Å². The highest BCUT2D eigenvalue weighted by atomic mass is 16.1. The number of hydrogen-bond acceptors (Lipinski definition) is 2. The molecule has 0 aliphatic heterocycles. The molecule has 2 heteroatoms. The van der Waals surface area contributed by atoms with E-state index in [1.165, 1.54) is 0 Å². The summed E-state index contributed by atoms with van der Waals surface area (Å²) in [5, 5.41) is 3.52. The van der Waals surface area contributed by atoms with Gasteiger partial charge >= 0.3 is 0 Å². The van der Waals surface area contributed by atoms with Crippen LogP contribution in [0.15, 0.2) is 0 Å². The first-order chi connectivity index (χ1) is 5.33. The Morgan fingerprint density at radius 3 is 2.17 bits per heavy atom. The second-order valence-corrected chi connectivity index (χ2v) is 5.03. The predicted octanol–water partition coefficient (Wildman–Crippen LogP) is 1.89. The first kappa shape index (κ1) is 9.72. The summed E-state index contributed by atoms with van der Waals surface area (Å²) in [5.74, 6) is 0.296. The van der Waals surface area contributed by atoms with Gasteiger partial charge in [-0.3, -0.25) is 4.79 Å². The van der Waals surface area contributed by atoms with Gasteiger partial charge in [0.15, 0.2) is 0 Å². The molecule has 0 atom stereocenters. The third-order valence-corrected chi connectivity index (χ3v) is 2.08. The Morgan fingerprint density at radius 1 is 1.42 bits per heavy atom. The molecule has 0 amide bonds. The second-order valence-electron chi connectivity index (χ2n) is 5.03. The van der Waals surface area contributed by atoms with Crippen LogP contribution in [0.3, 0.4) is 0 Å². The van der Waals surface area contributed by atoms with Crippen molar-refractivity contribution in [1.29, 1.82) is 0 Å². The molecule has 0 aromatic carbocycles. The van der Waals surface area contributed by atoms with Gasteiger partial charge in [0.25, 0.3) is 0 Å². The summed E-state index contributed by atoms with van der Waals surface area (Å²) in [6, 6.07) is 0. The number of nitrogens with one attached hydrogen (secondary N) is 1. The molecule has 0 bridgehead atoms. The Labute approximate surface area is 74.7 Å². The molecule has 0 heterocycles. The lowest BCUT2D eigenvalue weighted by Crippen LogP contribution is -2.46. The Morgan fingerprint density at radius 2 is 1.92 bits per heavy atom. The molecule has 70 valence electrons. The minimum absolute atomic E-state index is 0.131. The first-order valence-electron chi connectivity index (χ1n) is 4.62. The normalized spacial score (nSPS) is 20.7. The molecular weight excluding hydrogens is 150 g/mol. The van der Waals surface area contributed by atoms with E-state index in [1.807, 2.05) is 0 Å². The van der Waals surface area contributed by atoms with Gasteiger partial charge in [0.2, 0.25) is 0 Å². The van der Waals surface area contributed by atoms with Crippen LogP contribution < -0.4 is 5.32 Å². The van der Waals surface area contributed by atoms with E-state index in [4.69, 9.17) is 0 Å². The maximum atomic E-state index is 10.9. The van der Waals surface area contributed by atoms with Crippen molar-refractivity contribution < 1.29 is 4.79 Å². The van der Waals surface area contributed by atoms with Crippen molar-refractivity contribution >= 4 is 5.78 Å². The van der Waals surface area contributed by atoms with Crippen LogP contribution in [-0.4, -0.2) is 16.9 Å². The van der Waals surface area contributed by atoms with E-state index in [1.54, 1.807) is 6.92 Å². The average molecular weight is 169 g/mol. The summed E-state index contributed by atoms with van der Waals surface area (Å²) >= 11 is 0. The fourth-order valence-electron chi connectivity index (χ4n) is 1.77. The lowest BCUT2D eigenvalue weighted by Gasteiger charge is -2.27. The van der Waals surface area contributed by atoms with E-state index >= 15 is 0 Å². The van der Waals surface area contributed by atoms with Crippen LogP contribution in [0, 0.1) is 0 Å². The molecule has 0 aromatic rings. The minimum atomic E-state index is 0.131. The number of ketones is 1. The van der Waals surface area contributed by atoms with Crippen molar-refractivity contribution in [3.05, 3.63) is 0 Å². The first-order valence-corrected chi connectivity index (χ1v) is 4.62. The quantitative estimate of drug-likeness (QED) is 0.699. The summed E-state index contributed by atoms with van der Waals surface area (Å²) in [7, 11) is 0. The van der Waals surface area contributed by atoms with Gasteiger partial charge in [-0.25, -0.2) is 0 Å². The predicted molar refractivity (Wildman–Crippen MR) is 50.2 cm³/mol. The molecule has 0 aromatic heterocycles. The highest BCUT2D eigenvalue weighted by Crippen LogP contribution is 2.40. The van der Waals surface area contributed by atoms with Crippen LogP contribution >= 0.6 is 0 Å². The van der Waals surface area contributed by atoms with Gasteiger partial charge in [-0.15, -0.1) is 0 Å². The maximum Gasteiger partial charge on any atom is 0.131 e. The third kappa shape index (κ3) is 2.94. The van der Waals surface area contributed by atoms with Gasteiger partial charge in [0.1, 0.15) is 5.78 Å². The van der Waals surface area contributed by atoms with Crippen molar-refractivity contribution in [2.45, 2.75) is 58.0 Å². The highest BCUT2D eigenvalue weighted by molar-refractivity contribution is 5.77. The molecule has 0 saturated heterocycles. The summed E-state index contributed by atoms with van der Waals surface area (Å²) in [6.07, 6.45) is 3.01. The molecule has 2 nitrogen and oxygen atoms in total. The van der Waals surface area contributed by atoms with Crippen molar-refractivity contribution in [3.63, 3.8) is 0 Å². The van der Waals surface area contributed by atoms with E-state index in [-0.39, 0.29) is 11.1 Å². The highest BCUT2D eigenvalue weighted by Gasteiger charge is 2.45. The minimum Gasteiger partial charge on any atom is -0.306 e. The number of rotatable bonds is 3. The van der Waals surface area contributed by atoms with Gasteiger partial charge in [-0.2, -0.15) is 0 Å². The van der Waals surface area contributed by atoms with Crippen molar-refractivity contribution in [2.75, 3.05) is 0 Å². The lowest BCUT2D eigenvalue weighted by molar-refractivity contribution is -0.117. The fourth-order valence-corrected chi connectivity index (χ4v) is 1.77. The maximum absolute atomic E-state index is 10.9. The monoisotopic (exact) mass is 169 g/mol. The molecule has 0 radical (unpaired) electrons. The molecule has 1 aliphatic carbocycles. The van der Waals surface area contributed by atoms with Gasteiger partial charge < -0.3 is 5.32 Å². The summed E-state index contributed by atoms with van der Waals surface area (Å²) in [4.78, 5) is 10.9. The Bertz CT molecular complexity index is 187. The molecule has 1 aliphatic rings. The van der Waals surface area contributed by atoms with Crippen LogP contribution in [0.2, 0.25) is 0 Å². The Balaban J connectivity index is 2.45. The van der Waals surface area contributed by atoms with Gasteiger partial charge in [-0.1, -0.05) is 0 Å². The van der Waals surface area contributed by atoms with E-state index in [2.05, 4.69) is 26.1 Å². The van der Waals surface area contributed by atoms with Crippen LogP contribution in [0.25, 0.3) is 0 Å². The van der Waals surface area contributed by atoms with Crippen LogP contribution in [0.5, 0.6) is 0 Å². The molecule has 1 rings (SSSR count). The number of carbonyl (C=O) groups excluding carboxylic acids is 1. The zero-order valence-corrected chi connectivity index (χ0v) is 8.53. The molecule has 1 fully saturated rings. The van der Waals surface area contributed by atoms with Crippen LogP contribution in [0.1, 0.15) is 47.0 Å². The fraction of sp³-hybridized carbons (Fsp3) is 0.900. The molecule has 1 N–H and O–H groups in total.